The van der Waals surface area contributed by atoms with Crippen molar-refractivity contribution in [3.05, 3.63) is 0 Å². The van der Waals surface area contributed by atoms with Crippen LogP contribution in [-0.4, -0.2) is 31.3 Å². The van der Waals surface area contributed by atoms with Crippen molar-refractivity contribution >= 4 is 5.96 Å². The Morgan fingerprint density at radius 2 is 2.15 bits per heavy atom. The smallest absolute Gasteiger partial charge is 0.189 e. The maximum Gasteiger partial charge on any atom is 0.189 e. The van der Waals surface area contributed by atoms with Gasteiger partial charge in [0.15, 0.2) is 5.96 Å². The number of guanidine groups is 1. The SMILES string of the molecule is COC1CC(NC(N)=NC2CC2)C1. The van der Waals surface area contributed by atoms with E-state index >= 15 is 0 Å². The Morgan fingerprint density at radius 1 is 1.46 bits per heavy atom. The summed E-state index contributed by atoms with van der Waals surface area (Å²) in [6.45, 7) is 0. The lowest BCUT2D eigenvalue weighted by Crippen LogP contribution is -2.50. The third-order valence-electron chi connectivity index (χ3n) is 2.65. The number of rotatable bonds is 3. The molecule has 0 atom stereocenters. The van der Waals surface area contributed by atoms with E-state index in [4.69, 9.17) is 10.5 Å². The van der Waals surface area contributed by atoms with Crippen molar-refractivity contribution < 1.29 is 4.74 Å². The molecule has 3 N–H and O–H groups in total. The van der Waals surface area contributed by atoms with E-state index in [1.54, 1.807) is 7.11 Å². The van der Waals surface area contributed by atoms with E-state index in [9.17, 15) is 0 Å². The molecule has 0 aromatic rings. The second-order valence-corrected chi connectivity index (χ2v) is 3.92. The Morgan fingerprint density at radius 3 is 2.69 bits per heavy atom. The first kappa shape index (κ1) is 8.81. The minimum atomic E-state index is 0.422. The summed E-state index contributed by atoms with van der Waals surface area (Å²) in [6.07, 6.45) is 4.93. The number of aliphatic imine (C=N–C) groups is 1. The maximum absolute atomic E-state index is 5.71. The van der Waals surface area contributed by atoms with Gasteiger partial charge in [-0.2, -0.15) is 0 Å². The molecule has 0 aliphatic heterocycles. The molecule has 2 aliphatic carbocycles. The summed E-state index contributed by atoms with van der Waals surface area (Å²) < 4.78 is 5.17. The fourth-order valence-corrected chi connectivity index (χ4v) is 1.52. The number of methoxy groups -OCH3 is 1. The molecule has 0 amide bonds. The van der Waals surface area contributed by atoms with Crippen LogP contribution < -0.4 is 11.1 Å². The number of nitrogens with zero attached hydrogens (tertiary/aromatic N) is 1. The molecule has 4 nitrogen and oxygen atoms in total. The molecule has 13 heavy (non-hydrogen) atoms. The average Bonchev–Trinajstić information content (AvgIpc) is 2.79. The monoisotopic (exact) mass is 183 g/mol. The van der Waals surface area contributed by atoms with Crippen molar-refractivity contribution in [2.24, 2.45) is 10.7 Å². The molecule has 0 bridgehead atoms. The lowest BCUT2D eigenvalue weighted by Gasteiger charge is -2.34. The zero-order chi connectivity index (χ0) is 9.26. The zero-order valence-electron chi connectivity index (χ0n) is 7.99. The second kappa shape index (κ2) is 3.54. The van der Waals surface area contributed by atoms with Gasteiger partial charge in [0.1, 0.15) is 0 Å². The first-order valence-corrected chi connectivity index (χ1v) is 4.90. The van der Waals surface area contributed by atoms with Crippen LogP contribution in [0.2, 0.25) is 0 Å². The third-order valence-corrected chi connectivity index (χ3v) is 2.65. The summed E-state index contributed by atoms with van der Waals surface area (Å²) in [6, 6.07) is 0.984. The molecule has 0 heterocycles. The van der Waals surface area contributed by atoms with Gasteiger partial charge in [-0.05, 0) is 25.7 Å². The van der Waals surface area contributed by atoms with Gasteiger partial charge in [-0.15, -0.1) is 0 Å². The highest BCUT2D eigenvalue weighted by Crippen LogP contribution is 2.24. The first-order chi connectivity index (χ1) is 6.28. The number of nitrogens with two attached hydrogens (primary N) is 1. The number of hydrogen-bond donors (Lipinski definition) is 2. The van der Waals surface area contributed by atoms with Crippen molar-refractivity contribution in [1.82, 2.24) is 5.32 Å². The highest BCUT2D eigenvalue weighted by Gasteiger charge is 2.29. The molecule has 0 aromatic carbocycles. The van der Waals surface area contributed by atoms with Crippen LogP contribution in [0.4, 0.5) is 0 Å². The van der Waals surface area contributed by atoms with Crippen molar-refractivity contribution in [3.63, 3.8) is 0 Å². The Kier molecular flexibility index (Phi) is 2.40. The van der Waals surface area contributed by atoms with Crippen molar-refractivity contribution in [1.29, 1.82) is 0 Å². The fraction of sp³-hybridized carbons (Fsp3) is 0.889. The predicted molar refractivity (Wildman–Crippen MR) is 51.6 cm³/mol. The molecule has 0 aromatic heterocycles. The Hall–Kier alpha value is -0.770. The van der Waals surface area contributed by atoms with E-state index in [1.165, 1.54) is 12.8 Å². The molecule has 2 saturated carbocycles. The number of hydrogen-bond acceptors (Lipinski definition) is 2. The van der Waals surface area contributed by atoms with E-state index < -0.39 is 0 Å². The standard InChI is InChI=1S/C9H17N3O/c1-13-8-4-7(5-8)12-9(10)11-6-2-3-6/h6-8H,2-5H2,1H3,(H3,10,11,12). The van der Waals surface area contributed by atoms with E-state index in [2.05, 4.69) is 10.3 Å². The number of nitrogens with one attached hydrogen (secondary N) is 1. The van der Waals surface area contributed by atoms with E-state index in [-0.39, 0.29) is 0 Å². The van der Waals surface area contributed by atoms with E-state index in [1.807, 2.05) is 0 Å². The summed E-state index contributed by atoms with van der Waals surface area (Å²) in [7, 11) is 1.75. The van der Waals surface area contributed by atoms with Gasteiger partial charge in [-0.25, -0.2) is 0 Å². The minimum absolute atomic E-state index is 0.422. The van der Waals surface area contributed by atoms with Crippen LogP contribution in [0.5, 0.6) is 0 Å². The van der Waals surface area contributed by atoms with Gasteiger partial charge in [0.25, 0.3) is 0 Å². The lowest BCUT2D eigenvalue weighted by atomic mass is 9.89. The second-order valence-electron chi connectivity index (χ2n) is 3.92. The molecular formula is C9H17N3O. The summed E-state index contributed by atoms with van der Waals surface area (Å²) >= 11 is 0. The van der Waals surface area contributed by atoms with Crippen molar-refractivity contribution in [3.8, 4) is 0 Å². The quantitative estimate of drug-likeness (QED) is 0.486. The lowest BCUT2D eigenvalue weighted by molar-refractivity contribution is 0.0225. The summed E-state index contributed by atoms with van der Waals surface area (Å²) in [5.74, 6) is 0.613. The van der Waals surface area contributed by atoms with Gasteiger partial charge in [0, 0.05) is 13.2 Å². The van der Waals surface area contributed by atoms with E-state index in [0.29, 0.717) is 24.1 Å². The molecular weight excluding hydrogens is 166 g/mol. The predicted octanol–water partition coefficient (Wildman–Crippen LogP) is 0.230. The van der Waals surface area contributed by atoms with Crippen LogP contribution in [0.25, 0.3) is 0 Å². The van der Waals surface area contributed by atoms with Crippen LogP contribution in [0.1, 0.15) is 25.7 Å². The Labute approximate surface area is 78.5 Å². The normalized spacial score (nSPS) is 34.1. The fourth-order valence-electron chi connectivity index (χ4n) is 1.52. The van der Waals surface area contributed by atoms with Crippen LogP contribution >= 0.6 is 0 Å². The largest absolute Gasteiger partial charge is 0.381 e. The summed E-state index contributed by atoms with van der Waals surface area (Å²) in [5, 5.41) is 3.20. The van der Waals surface area contributed by atoms with Crippen LogP contribution in [0.3, 0.4) is 0 Å². The summed E-state index contributed by atoms with van der Waals surface area (Å²) in [5.41, 5.74) is 5.71. The molecule has 2 aliphatic rings. The van der Waals surface area contributed by atoms with Crippen LogP contribution in [0.15, 0.2) is 4.99 Å². The molecule has 0 spiro atoms. The van der Waals surface area contributed by atoms with Gasteiger partial charge in [0.2, 0.25) is 0 Å². The highest BCUT2D eigenvalue weighted by molar-refractivity contribution is 5.78. The van der Waals surface area contributed by atoms with E-state index in [0.717, 1.165) is 12.8 Å². The van der Waals surface area contributed by atoms with Crippen LogP contribution in [-0.2, 0) is 4.74 Å². The highest BCUT2D eigenvalue weighted by atomic mass is 16.5. The van der Waals surface area contributed by atoms with Crippen molar-refractivity contribution in [2.45, 2.75) is 43.9 Å². The first-order valence-electron chi connectivity index (χ1n) is 4.90. The molecule has 74 valence electrons. The van der Waals surface area contributed by atoms with Crippen molar-refractivity contribution in [2.75, 3.05) is 7.11 Å². The van der Waals surface area contributed by atoms with Gasteiger partial charge in [0.05, 0.1) is 12.1 Å². The number of ether oxygens (including phenoxy) is 1. The maximum atomic E-state index is 5.71. The van der Waals surface area contributed by atoms with Gasteiger partial charge < -0.3 is 15.8 Å². The molecule has 0 saturated heterocycles. The molecule has 2 fully saturated rings. The third kappa shape index (κ3) is 2.34. The molecule has 4 heteroatoms. The molecule has 0 unspecified atom stereocenters. The van der Waals surface area contributed by atoms with Gasteiger partial charge in [-0.3, -0.25) is 4.99 Å². The summed E-state index contributed by atoms with van der Waals surface area (Å²) in [4.78, 5) is 4.30. The minimum Gasteiger partial charge on any atom is -0.381 e. The topological polar surface area (TPSA) is 59.6 Å². The van der Waals surface area contributed by atoms with Gasteiger partial charge >= 0.3 is 0 Å². The Bertz CT molecular complexity index is 207. The zero-order valence-corrected chi connectivity index (χ0v) is 7.99. The average molecular weight is 183 g/mol. The Balaban J connectivity index is 1.67. The molecule has 0 radical (unpaired) electrons. The molecule has 2 rings (SSSR count). The van der Waals surface area contributed by atoms with Crippen LogP contribution in [0, 0.1) is 0 Å². The van der Waals surface area contributed by atoms with Gasteiger partial charge in [-0.1, -0.05) is 0 Å².